The van der Waals surface area contributed by atoms with E-state index in [0.717, 1.165) is 29.1 Å². The Morgan fingerprint density at radius 1 is 1.15 bits per heavy atom. The molecule has 33 heavy (non-hydrogen) atoms. The number of ether oxygens (including phenoxy) is 1. The summed E-state index contributed by atoms with van der Waals surface area (Å²) in [7, 11) is 0. The van der Waals surface area contributed by atoms with Crippen LogP contribution in [0.25, 0.3) is 16.3 Å². The van der Waals surface area contributed by atoms with Crippen molar-refractivity contribution in [2.45, 2.75) is 20.8 Å². The van der Waals surface area contributed by atoms with Crippen molar-refractivity contribution in [3.63, 3.8) is 0 Å². The molecule has 3 rings (SSSR count). The molecule has 3 aromatic rings. The van der Waals surface area contributed by atoms with Gasteiger partial charge in [0.25, 0.3) is 11.6 Å². The third-order valence-corrected chi connectivity index (χ3v) is 6.23. The SMILES string of the molecule is CCOc1ccc2nc(N(CCN(CC)CC)C(=O)/C=C/c3cccc([N+](=O)[O-])c3)sc2c1. The Kier molecular flexibility index (Phi) is 8.51. The van der Waals surface area contributed by atoms with E-state index in [9.17, 15) is 14.9 Å². The highest BCUT2D eigenvalue weighted by molar-refractivity contribution is 7.22. The summed E-state index contributed by atoms with van der Waals surface area (Å²) in [5.74, 6) is 0.546. The second kappa shape index (κ2) is 11.5. The molecule has 0 atom stereocenters. The summed E-state index contributed by atoms with van der Waals surface area (Å²) in [5.41, 5.74) is 1.38. The number of thiazole rings is 1. The molecule has 0 saturated heterocycles. The molecule has 0 unspecified atom stereocenters. The average molecular weight is 469 g/mol. The van der Waals surface area contributed by atoms with Crippen LogP contribution in [0, 0.1) is 10.1 Å². The van der Waals surface area contributed by atoms with Crippen LogP contribution in [0.5, 0.6) is 5.75 Å². The van der Waals surface area contributed by atoms with Gasteiger partial charge in [0.1, 0.15) is 5.75 Å². The number of nitro groups is 1. The fraction of sp³-hybridized carbons (Fsp3) is 0.333. The number of aromatic nitrogens is 1. The highest BCUT2D eigenvalue weighted by Crippen LogP contribution is 2.32. The van der Waals surface area contributed by atoms with E-state index in [1.165, 1.54) is 29.5 Å². The van der Waals surface area contributed by atoms with Crippen LogP contribution in [0.1, 0.15) is 26.3 Å². The molecule has 9 heteroatoms. The van der Waals surface area contributed by atoms with E-state index in [2.05, 4.69) is 23.7 Å². The number of hydrogen-bond donors (Lipinski definition) is 0. The van der Waals surface area contributed by atoms with Gasteiger partial charge in [0.15, 0.2) is 5.13 Å². The molecule has 0 radical (unpaired) electrons. The van der Waals surface area contributed by atoms with Gasteiger partial charge in [-0.25, -0.2) is 4.98 Å². The number of nitro benzene ring substituents is 1. The molecule has 0 spiro atoms. The van der Waals surface area contributed by atoms with Crippen LogP contribution < -0.4 is 9.64 Å². The van der Waals surface area contributed by atoms with Crippen LogP contribution in [-0.2, 0) is 4.79 Å². The average Bonchev–Trinajstić information content (AvgIpc) is 3.23. The summed E-state index contributed by atoms with van der Waals surface area (Å²) < 4.78 is 6.53. The number of carbonyl (C=O) groups is 1. The molecule has 1 amide bonds. The van der Waals surface area contributed by atoms with Gasteiger partial charge in [0.05, 0.1) is 21.7 Å². The van der Waals surface area contributed by atoms with Crippen LogP contribution in [0.15, 0.2) is 48.5 Å². The lowest BCUT2D eigenvalue weighted by molar-refractivity contribution is -0.384. The first kappa shape index (κ1) is 24.3. The summed E-state index contributed by atoms with van der Waals surface area (Å²) >= 11 is 1.44. The molecule has 174 valence electrons. The van der Waals surface area contributed by atoms with Gasteiger partial charge < -0.3 is 9.64 Å². The normalized spacial score (nSPS) is 11.4. The number of carbonyl (C=O) groups excluding carboxylic acids is 1. The minimum atomic E-state index is -0.451. The zero-order chi connectivity index (χ0) is 23.8. The van der Waals surface area contributed by atoms with Gasteiger partial charge in [-0.2, -0.15) is 0 Å². The molecular weight excluding hydrogens is 440 g/mol. The number of fused-ring (bicyclic) bond motifs is 1. The van der Waals surface area contributed by atoms with E-state index in [1.807, 2.05) is 25.1 Å². The highest BCUT2D eigenvalue weighted by atomic mass is 32.1. The minimum Gasteiger partial charge on any atom is -0.494 e. The second-order valence-corrected chi connectivity index (χ2v) is 8.27. The van der Waals surface area contributed by atoms with Gasteiger partial charge in [-0.1, -0.05) is 37.3 Å². The third-order valence-electron chi connectivity index (χ3n) is 5.19. The fourth-order valence-corrected chi connectivity index (χ4v) is 4.37. The number of benzene rings is 2. The molecule has 1 heterocycles. The lowest BCUT2D eigenvalue weighted by Gasteiger charge is -2.23. The zero-order valence-electron chi connectivity index (χ0n) is 19.1. The van der Waals surface area contributed by atoms with Crippen molar-refractivity contribution in [2.24, 2.45) is 0 Å². The minimum absolute atomic E-state index is 0.0146. The van der Waals surface area contributed by atoms with Gasteiger partial charge in [0.2, 0.25) is 0 Å². The van der Waals surface area contributed by atoms with Crippen molar-refractivity contribution in [2.75, 3.05) is 37.7 Å². The number of non-ortho nitro benzene ring substituents is 1. The van der Waals surface area contributed by atoms with E-state index in [-0.39, 0.29) is 11.6 Å². The van der Waals surface area contributed by atoms with Crippen LogP contribution in [0.4, 0.5) is 10.8 Å². The lowest BCUT2D eigenvalue weighted by Crippen LogP contribution is -2.38. The fourth-order valence-electron chi connectivity index (χ4n) is 3.35. The van der Waals surface area contributed by atoms with Crippen LogP contribution in [0.3, 0.4) is 0 Å². The zero-order valence-corrected chi connectivity index (χ0v) is 19.9. The summed E-state index contributed by atoms with van der Waals surface area (Å²) in [6, 6.07) is 11.9. The van der Waals surface area contributed by atoms with Gasteiger partial charge >= 0.3 is 0 Å². The molecule has 0 fully saturated rings. The van der Waals surface area contributed by atoms with E-state index >= 15 is 0 Å². The predicted molar refractivity (Wildman–Crippen MR) is 133 cm³/mol. The lowest BCUT2D eigenvalue weighted by atomic mass is 10.2. The Hall–Kier alpha value is -3.30. The number of anilines is 1. The summed E-state index contributed by atoms with van der Waals surface area (Å²) in [6.45, 7) is 9.66. The molecule has 0 N–H and O–H groups in total. The Balaban J connectivity index is 1.88. The predicted octanol–water partition coefficient (Wildman–Crippen LogP) is 4.99. The summed E-state index contributed by atoms with van der Waals surface area (Å²) in [6.07, 6.45) is 3.04. The first-order valence-corrected chi connectivity index (χ1v) is 11.8. The number of rotatable bonds is 11. The number of amides is 1. The Bertz CT molecular complexity index is 1140. The first-order chi connectivity index (χ1) is 15.9. The van der Waals surface area contributed by atoms with E-state index < -0.39 is 4.92 Å². The Morgan fingerprint density at radius 2 is 1.94 bits per heavy atom. The topological polar surface area (TPSA) is 88.8 Å². The maximum Gasteiger partial charge on any atom is 0.270 e. The second-order valence-electron chi connectivity index (χ2n) is 7.26. The molecule has 0 aliphatic carbocycles. The van der Waals surface area contributed by atoms with Crippen LogP contribution in [-0.4, -0.2) is 53.5 Å². The summed E-state index contributed by atoms with van der Waals surface area (Å²) in [4.78, 5) is 32.4. The summed E-state index contributed by atoms with van der Waals surface area (Å²) in [5, 5.41) is 11.6. The molecule has 0 aliphatic rings. The third kappa shape index (κ3) is 6.36. The van der Waals surface area contributed by atoms with Crippen molar-refractivity contribution in [1.29, 1.82) is 0 Å². The number of likely N-dealkylation sites (N-methyl/N-ethyl adjacent to an activating group) is 1. The monoisotopic (exact) mass is 468 g/mol. The molecule has 1 aromatic heterocycles. The maximum absolute atomic E-state index is 13.2. The van der Waals surface area contributed by atoms with E-state index in [1.54, 1.807) is 23.1 Å². The molecule has 0 aliphatic heterocycles. The standard InChI is InChI=1S/C24H28N4O4S/c1-4-26(5-2)14-15-27(23(29)13-10-18-8-7-9-19(16-18)28(30)31)24-25-21-12-11-20(32-6-3)17-22(21)33-24/h7-13,16-17H,4-6,14-15H2,1-3H3/b13-10+. The van der Waals surface area contributed by atoms with Crippen LogP contribution >= 0.6 is 11.3 Å². The largest absolute Gasteiger partial charge is 0.494 e. The number of hydrogen-bond acceptors (Lipinski definition) is 7. The molecule has 0 saturated carbocycles. The van der Waals surface area contributed by atoms with E-state index in [4.69, 9.17) is 4.74 Å². The van der Waals surface area contributed by atoms with Crippen molar-refractivity contribution >= 4 is 44.4 Å². The quantitative estimate of drug-likeness (QED) is 0.224. The molecule has 2 aromatic carbocycles. The molecular formula is C24H28N4O4S. The van der Waals surface area contributed by atoms with Crippen molar-refractivity contribution in [1.82, 2.24) is 9.88 Å². The maximum atomic E-state index is 13.2. The number of nitrogens with zero attached hydrogens (tertiary/aromatic N) is 4. The molecule has 0 bridgehead atoms. The van der Waals surface area contributed by atoms with Gasteiger partial charge in [0, 0.05) is 31.3 Å². The van der Waals surface area contributed by atoms with Gasteiger partial charge in [-0.05, 0) is 49.9 Å². The Labute approximate surface area is 197 Å². The van der Waals surface area contributed by atoms with E-state index in [0.29, 0.717) is 30.4 Å². The molecule has 8 nitrogen and oxygen atoms in total. The van der Waals surface area contributed by atoms with Crippen LogP contribution in [0.2, 0.25) is 0 Å². The van der Waals surface area contributed by atoms with Gasteiger partial charge in [-0.15, -0.1) is 0 Å². The van der Waals surface area contributed by atoms with Crippen molar-refractivity contribution < 1.29 is 14.5 Å². The smallest absolute Gasteiger partial charge is 0.270 e. The highest BCUT2D eigenvalue weighted by Gasteiger charge is 2.19. The first-order valence-electron chi connectivity index (χ1n) is 10.9. The van der Waals surface area contributed by atoms with Crippen molar-refractivity contribution in [3.8, 4) is 5.75 Å². The Morgan fingerprint density at radius 3 is 2.64 bits per heavy atom. The van der Waals surface area contributed by atoms with Gasteiger partial charge in [-0.3, -0.25) is 19.8 Å². The van der Waals surface area contributed by atoms with Crippen molar-refractivity contribution in [3.05, 3.63) is 64.2 Å².